The van der Waals surface area contributed by atoms with Crippen LogP contribution in [0, 0.1) is 0 Å². The highest BCUT2D eigenvalue weighted by Crippen LogP contribution is 2.43. The maximum absolute atomic E-state index is 2.39. The van der Waals surface area contributed by atoms with Crippen LogP contribution in [-0.2, 0) is 0 Å². The molecule has 54 heavy (non-hydrogen) atoms. The Morgan fingerprint density at radius 3 is 1.50 bits per heavy atom. The summed E-state index contributed by atoms with van der Waals surface area (Å²) >= 11 is 1.87. The molecule has 0 aliphatic rings. The van der Waals surface area contributed by atoms with Gasteiger partial charge in [-0.05, 0) is 120 Å². The van der Waals surface area contributed by atoms with E-state index < -0.39 is 0 Å². The van der Waals surface area contributed by atoms with Crippen molar-refractivity contribution in [2.75, 3.05) is 4.90 Å². The van der Waals surface area contributed by atoms with Crippen LogP contribution < -0.4 is 4.90 Å². The molecule has 0 fully saturated rings. The van der Waals surface area contributed by atoms with Crippen LogP contribution >= 0.6 is 11.3 Å². The van der Waals surface area contributed by atoms with Crippen LogP contribution in [0.15, 0.2) is 200 Å². The molecule has 0 aliphatic carbocycles. The molecule has 0 saturated carbocycles. The Bertz CT molecular complexity index is 3190. The first-order chi connectivity index (χ1) is 26.7. The molecule has 0 N–H and O–H groups in total. The third-order valence-corrected chi connectivity index (χ3v) is 12.1. The summed E-state index contributed by atoms with van der Waals surface area (Å²) in [4.78, 5) is 2.39. The van der Waals surface area contributed by atoms with Crippen molar-refractivity contribution in [3.8, 4) is 22.3 Å². The number of fused-ring (bicyclic) bond motifs is 9. The Kier molecular flexibility index (Phi) is 7.11. The van der Waals surface area contributed by atoms with Gasteiger partial charge in [-0.1, -0.05) is 146 Å². The summed E-state index contributed by atoms with van der Waals surface area (Å²) in [6, 6.07) is 73.5. The minimum absolute atomic E-state index is 1.12. The Balaban J connectivity index is 1.02. The van der Waals surface area contributed by atoms with Gasteiger partial charge in [-0.3, -0.25) is 0 Å². The van der Waals surface area contributed by atoms with Crippen LogP contribution in [0.4, 0.5) is 17.1 Å². The fourth-order valence-electron chi connectivity index (χ4n) is 8.27. The summed E-state index contributed by atoms with van der Waals surface area (Å²) < 4.78 is 2.61. The average Bonchev–Trinajstić information content (AvgIpc) is 3.59. The van der Waals surface area contributed by atoms with Crippen molar-refractivity contribution < 1.29 is 0 Å². The Morgan fingerprint density at radius 1 is 0.259 bits per heavy atom. The molecule has 0 aliphatic heterocycles. The number of anilines is 3. The van der Waals surface area contributed by atoms with Crippen LogP contribution in [0.5, 0.6) is 0 Å². The first-order valence-electron chi connectivity index (χ1n) is 18.5. The lowest BCUT2D eigenvalue weighted by Gasteiger charge is -2.26. The van der Waals surface area contributed by atoms with Crippen LogP contribution in [-0.4, -0.2) is 0 Å². The van der Waals surface area contributed by atoms with E-state index >= 15 is 0 Å². The SMILES string of the molecule is c1ccc(-c2ccc(N(c3ccc(-c4ccc5ccc6c7ccccc7ccc6c5c4)cc3)c3ccc4c(c3)sc3cc5ccccc5cc34)cc2)cc1. The molecule has 1 aromatic heterocycles. The molecule has 1 heterocycles. The van der Waals surface area contributed by atoms with Crippen LogP contribution in [0.2, 0.25) is 0 Å². The van der Waals surface area contributed by atoms with Crippen LogP contribution in [0.3, 0.4) is 0 Å². The summed E-state index contributed by atoms with van der Waals surface area (Å²) in [6.07, 6.45) is 0. The van der Waals surface area contributed by atoms with E-state index in [4.69, 9.17) is 0 Å². The number of benzene rings is 10. The van der Waals surface area contributed by atoms with E-state index in [1.54, 1.807) is 0 Å². The Hall–Kier alpha value is -6.74. The van der Waals surface area contributed by atoms with E-state index in [0.717, 1.165) is 17.1 Å². The maximum atomic E-state index is 2.39. The van der Waals surface area contributed by atoms with Gasteiger partial charge in [0.1, 0.15) is 0 Å². The third-order valence-electron chi connectivity index (χ3n) is 11.0. The van der Waals surface area contributed by atoms with Gasteiger partial charge in [0.15, 0.2) is 0 Å². The highest BCUT2D eigenvalue weighted by atomic mass is 32.1. The lowest BCUT2D eigenvalue weighted by atomic mass is 9.94. The van der Waals surface area contributed by atoms with E-state index in [0.29, 0.717) is 0 Å². The average molecular weight is 704 g/mol. The van der Waals surface area contributed by atoms with Gasteiger partial charge in [0.2, 0.25) is 0 Å². The second kappa shape index (κ2) is 12.4. The van der Waals surface area contributed by atoms with Gasteiger partial charge >= 0.3 is 0 Å². The van der Waals surface area contributed by atoms with E-state index in [1.165, 1.54) is 85.5 Å². The Morgan fingerprint density at radius 2 is 0.759 bits per heavy atom. The molecule has 10 aromatic carbocycles. The molecule has 1 nitrogen and oxygen atoms in total. The quantitative estimate of drug-likeness (QED) is 0.161. The van der Waals surface area contributed by atoms with Crippen molar-refractivity contribution in [1.82, 2.24) is 0 Å². The van der Waals surface area contributed by atoms with Gasteiger partial charge in [0, 0.05) is 37.2 Å². The zero-order valence-corrected chi connectivity index (χ0v) is 30.2. The molecule has 0 bridgehead atoms. The number of thiophene rings is 1. The van der Waals surface area contributed by atoms with E-state index in [9.17, 15) is 0 Å². The molecule has 0 amide bonds. The normalized spacial score (nSPS) is 11.7. The van der Waals surface area contributed by atoms with E-state index in [-0.39, 0.29) is 0 Å². The molecule has 252 valence electrons. The van der Waals surface area contributed by atoms with Crippen molar-refractivity contribution in [3.05, 3.63) is 200 Å². The van der Waals surface area contributed by atoms with Gasteiger partial charge in [-0.15, -0.1) is 11.3 Å². The molecule has 0 saturated heterocycles. The van der Waals surface area contributed by atoms with E-state index in [2.05, 4.69) is 205 Å². The first-order valence-corrected chi connectivity index (χ1v) is 19.3. The molecule has 11 aromatic rings. The number of hydrogen-bond donors (Lipinski definition) is 0. The number of hydrogen-bond acceptors (Lipinski definition) is 2. The fourth-order valence-corrected chi connectivity index (χ4v) is 9.44. The van der Waals surface area contributed by atoms with Crippen LogP contribution in [0.1, 0.15) is 0 Å². The van der Waals surface area contributed by atoms with Gasteiger partial charge < -0.3 is 4.90 Å². The number of rotatable bonds is 5. The molecule has 0 radical (unpaired) electrons. The summed E-state index contributed by atoms with van der Waals surface area (Å²) in [5.41, 5.74) is 8.22. The minimum Gasteiger partial charge on any atom is -0.310 e. The standard InChI is InChI=1S/C52H33NS/c1-2-8-34(9-3-1)35-16-22-42(23-17-35)53(44-26-29-48-50-31-39-11-4-5-12-40(39)32-51(50)54-52(48)33-44)43-24-18-36(19-25-43)41-15-14-38-21-27-46-45-13-7-6-10-37(45)20-28-47(46)49(38)30-41/h1-33H. The lowest BCUT2D eigenvalue weighted by Crippen LogP contribution is -2.09. The smallest absolute Gasteiger partial charge is 0.0476 e. The third kappa shape index (κ3) is 5.15. The summed E-state index contributed by atoms with van der Waals surface area (Å²) in [7, 11) is 0. The molecule has 2 heteroatoms. The Labute approximate surface area is 317 Å². The lowest BCUT2D eigenvalue weighted by molar-refractivity contribution is 1.29. The highest BCUT2D eigenvalue weighted by Gasteiger charge is 2.16. The van der Waals surface area contributed by atoms with Gasteiger partial charge in [-0.2, -0.15) is 0 Å². The second-order valence-corrected chi connectivity index (χ2v) is 15.2. The highest BCUT2D eigenvalue weighted by molar-refractivity contribution is 7.25. The van der Waals surface area contributed by atoms with Gasteiger partial charge in [-0.25, -0.2) is 0 Å². The van der Waals surface area contributed by atoms with Crippen LogP contribution in [0.25, 0.3) is 85.5 Å². The summed E-state index contributed by atoms with van der Waals surface area (Å²) in [5, 5.41) is 12.9. The van der Waals surface area contributed by atoms with E-state index in [1.807, 2.05) is 11.3 Å². The molecule has 11 rings (SSSR count). The molecule has 0 spiro atoms. The first kappa shape index (κ1) is 30.8. The zero-order valence-electron chi connectivity index (χ0n) is 29.4. The molecule has 0 unspecified atom stereocenters. The topological polar surface area (TPSA) is 3.24 Å². The van der Waals surface area contributed by atoms with Crippen molar-refractivity contribution in [2.45, 2.75) is 0 Å². The number of nitrogens with zero attached hydrogens (tertiary/aromatic N) is 1. The van der Waals surface area contributed by atoms with Crippen molar-refractivity contribution >= 4 is 91.7 Å². The largest absolute Gasteiger partial charge is 0.310 e. The fraction of sp³-hybridized carbons (Fsp3) is 0. The zero-order chi connectivity index (χ0) is 35.6. The van der Waals surface area contributed by atoms with Gasteiger partial charge in [0.25, 0.3) is 0 Å². The summed E-state index contributed by atoms with van der Waals surface area (Å²) in [5.74, 6) is 0. The molecular formula is C52H33NS. The van der Waals surface area contributed by atoms with Gasteiger partial charge in [0.05, 0.1) is 0 Å². The van der Waals surface area contributed by atoms with Crippen molar-refractivity contribution in [3.63, 3.8) is 0 Å². The maximum Gasteiger partial charge on any atom is 0.0476 e. The monoisotopic (exact) mass is 703 g/mol. The predicted molar refractivity (Wildman–Crippen MR) is 235 cm³/mol. The second-order valence-electron chi connectivity index (χ2n) is 14.2. The molecule has 0 atom stereocenters. The van der Waals surface area contributed by atoms with Crippen molar-refractivity contribution in [2.24, 2.45) is 0 Å². The predicted octanol–water partition coefficient (Wildman–Crippen LogP) is 15.5. The summed E-state index contributed by atoms with van der Waals surface area (Å²) in [6.45, 7) is 0. The molecular weight excluding hydrogens is 671 g/mol. The van der Waals surface area contributed by atoms with Crippen molar-refractivity contribution in [1.29, 1.82) is 0 Å². The minimum atomic E-state index is 1.12.